The smallest absolute Gasteiger partial charge is 0.155 e. The first-order chi connectivity index (χ1) is 11.5. The Balaban J connectivity index is 1.98. The largest absolute Gasteiger partial charge is 0.249 e. The van der Waals surface area contributed by atoms with Crippen LogP contribution in [0.15, 0.2) is 24.4 Å². The molecule has 0 aliphatic rings. The number of nitrogens with zero attached hydrogens (tertiary/aromatic N) is 7. The van der Waals surface area contributed by atoms with Crippen LogP contribution in [0, 0.1) is 13.8 Å². The molecule has 0 saturated carbocycles. The molecule has 0 aliphatic carbocycles. The summed E-state index contributed by atoms with van der Waals surface area (Å²) in [7, 11) is 0. The van der Waals surface area contributed by atoms with Crippen LogP contribution in [0.2, 0.25) is 0 Å². The zero-order valence-corrected chi connectivity index (χ0v) is 14.8. The van der Waals surface area contributed by atoms with Crippen LogP contribution in [0.5, 0.6) is 0 Å². The van der Waals surface area contributed by atoms with Crippen LogP contribution < -0.4 is 0 Å². The van der Waals surface area contributed by atoms with Crippen molar-refractivity contribution in [2.24, 2.45) is 0 Å². The third-order valence-corrected chi connectivity index (χ3v) is 3.88. The SMILES string of the molecule is Cc1nc(C)n(C[C@@H](C)c2nc(C(C)C)nn2-c2ccccn2)n1. The number of hydrogen-bond donors (Lipinski definition) is 0. The Kier molecular flexibility index (Phi) is 4.42. The van der Waals surface area contributed by atoms with Crippen LogP contribution in [0.4, 0.5) is 0 Å². The lowest BCUT2D eigenvalue weighted by Gasteiger charge is -2.12. The van der Waals surface area contributed by atoms with E-state index >= 15 is 0 Å². The number of aryl methyl sites for hydroxylation is 2. The third-order valence-electron chi connectivity index (χ3n) is 3.88. The van der Waals surface area contributed by atoms with Crippen molar-refractivity contribution in [3.63, 3.8) is 0 Å². The van der Waals surface area contributed by atoms with Gasteiger partial charge < -0.3 is 0 Å². The Morgan fingerprint density at radius 1 is 1.04 bits per heavy atom. The van der Waals surface area contributed by atoms with Crippen LogP contribution in [-0.4, -0.2) is 34.5 Å². The van der Waals surface area contributed by atoms with E-state index in [0.29, 0.717) is 6.54 Å². The molecule has 7 nitrogen and oxygen atoms in total. The van der Waals surface area contributed by atoms with Crippen LogP contribution in [0.3, 0.4) is 0 Å². The summed E-state index contributed by atoms with van der Waals surface area (Å²) in [4.78, 5) is 13.6. The Hall–Kier alpha value is -2.57. The summed E-state index contributed by atoms with van der Waals surface area (Å²) < 4.78 is 3.77. The highest BCUT2D eigenvalue weighted by atomic mass is 15.4. The average Bonchev–Trinajstić information content (AvgIpc) is 3.12. The molecule has 0 amide bonds. The normalized spacial score (nSPS) is 12.8. The van der Waals surface area contributed by atoms with Gasteiger partial charge in [-0.15, -0.1) is 5.10 Å². The van der Waals surface area contributed by atoms with Crippen molar-refractivity contribution >= 4 is 0 Å². The lowest BCUT2D eigenvalue weighted by atomic mass is 10.1. The number of pyridine rings is 1. The molecule has 1 atom stereocenters. The Labute approximate surface area is 141 Å². The zero-order valence-electron chi connectivity index (χ0n) is 14.8. The molecular weight excluding hydrogens is 302 g/mol. The van der Waals surface area contributed by atoms with Gasteiger partial charge in [0.15, 0.2) is 11.6 Å². The summed E-state index contributed by atoms with van der Waals surface area (Å²) in [6.07, 6.45) is 1.77. The number of hydrogen-bond acceptors (Lipinski definition) is 5. The topological polar surface area (TPSA) is 74.3 Å². The second kappa shape index (κ2) is 6.51. The quantitative estimate of drug-likeness (QED) is 0.721. The molecule has 3 heterocycles. The van der Waals surface area contributed by atoms with Gasteiger partial charge in [-0.3, -0.25) is 0 Å². The van der Waals surface area contributed by atoms with Crippen molar-refractivity contribution in [1.82, 2.24) is 34.5 Å². The van der Waals surface area contributed by atoms with Gasteiger partial charge in [-0.1, -0.05) is 26.8 Å². The highest BCUT2D eigenvalue weighted by Crippen LogP contribution is 2.21. The molecule has 0 spiro atoms. The molecule has 126 valence electrons. The first kappa shape index (κ1) is 16.3. The fourth-order valence-corrected chi connectivity index (χ4v) is 2.63. The van der Waals surface area contributed by atoms with E-state index in [1.807, 2.05) is 41.4 Å². The molecule has 0 radical (unpaired) electrons. The minimum Gasteiger partial charge on any atom is -0.249 e. The van der Waals surface area contributed by atoms with E-state index in [0.717, 1.165) is 29.1 Å². The summed E-state index contributed by atoms with van der Waals surface area (Å²) in [6, 6.07) is 5.80. The highest BCUT2D eigenvalue weighted by molar-refractivity contribution is 5.23. The Bertz CT molecular complexity index is 817. The van der Waals surface area contributed by atoms with Gasteiger partial charge in [0.2, 0.25) is 0 Å². The zero-order chi connectivity index (χ0) is 17.3. The van der Waals surface area contributed by atoms with Gasteiger partial charge in [0.25, 0.3) is 0 Å². The first-order valence-corrected chi connectivity index (χ1v) is 8.22. The molecule has 0 N–H and O–H groups in total. The fourth-order valence-electron chi connectivity index (χ4n) is 2.63. The maximum absolute atomic E-state index is 4.77. The average molecular weight is 325 g/mol. The van der Waals surface area contributed by atoms with Crippen molar-refractivity contribution < 1.29 is 0 Å². The molecule has 0 unspecified atom stereocenters. The standard InChI is InChI=1S/C17H23N7/c1-11(2)16-20-17(24(22-16)15-8-6-7-9-18-15)12(3)10-23-14(5)19-13(4)21-23/h6-9,11-12H,10H2,1-5H3/t12-/m1/s1. The molecular formula is C17H23N7. The van der Waals surface area contributed by atoms with E-state index < -0.39 is 0 Å². The van der Waals surface area contributed by atoms with Crippen molar-refractivity contribution in [3.8, 4) is 5.82 Å². The van der Waals surface area contributed by atoms with Crippen molar-refractivity contribution in [2.75, 3.05) is 0 Å². The van der Waals surface area contributed by atoms with Gasteiger partial charge in [0.1, 0.15) is 17.5 Å². The summed E-state index contributed by atoms with van der Waals surface area (Å²) in [5, 5.41) is 9.12. The van der Waals surface area contributed by atoms with E-state index in [9.17, 15) is 0 Å². The molecule has 0 aliphatic heterocycles. The van der Waals surface area contributed by atoms with Gasteiger partial charge in [0.05, 0.1) is 6.54 Å². The van der Waals surface area contributed by atoms with Gasteiger partial charge in [-0.05, 0) is 26.0 Å². The van der Waals surface area contributed by atoms with Gasteiger partial charge in [-0.25, -0.2) is 19.6 Å². The van der Waals surface area contributed by atoms with Gasteiger partial charge in [0, 0.05) is 18.0 Å². The fraction of sp³-hybridized carbons (Fsp3) is 0.471. The summed E-state index contributed by atoms with van der Waals surface area (Å²) in [5.74, 6) is 4.59. The van der Waals surface area contributed by atoms with Gasteiger partial charge in [-0.2, -0.15) is 9.78 Å². The minimum atomic E-state index is 0.131. The summed E-state index contributed by atoms with van der Waals surface area (Å²) in [6.45, 7) is 10.9. The van der Waals surface area contributed by atoms with Crippen LogP contribution in [0.25, 0.3) is 5.82 Å². The Morgan fingerprint density at radius 2 is 1.83 bits per heavy atom. The molecule has 0 bridgehead atoms. The maximum Gasteiger partial charge on any atom is 0.155 e. The lowest BCUT2D eigenvalue weighted by molar-refractivity contribution is 0.501. The molecule has 24 heavy (non-hydrogen) atoms. The van der Waals surface area contributed by atoms with E-state index in [1.165, 1.54) is 0 Å². The molecule has 0 aromatic carbocycles. The van der Waals surface area contributed by atoms with E-state index in [2.05, 4.69) is 40.9 Å². The predicted octanol–water partition coefficient (Wildman–Crippen LogP) is 2.80. The van der Waals surface area contributed by atoms with Crippen LogP contribution in [-0.2, 0) is 6.54 Å². The van der Waals surface area contributed by atoms with E-state index in [1.54, 1.807) is 6.20 Å². The maximum atomic E-state index is 4.77. The third kappa shape index (κ3) is 3.20. The molecule has 0 fully saturated rings. The molecule has 3 aromatic heterocycles. The molecule has 3 rings (SSSR count). The first-order valence-electron chi connectivity index (χ1n) is 8.22. The monoisotopic (exact) mass is 325 g/mol. The minimum absolute atomic E-state index is 0.131. The molecule has 7 heteroatoms. The highest BCUT2D eigenvalue weighted by Gasteiger charge is 2.21. The molecule has 3 aromatic rings. The number of rotatable bonds is 5. The van der Waals surface area contributed by atoms with Crippen molar-refractivity contribution in [3.05, 3.63) is 47.7 Å². The van der Waals surface area contributed by atoms with Crippen molar-refractivity contribution in [2.45, 2.75) is 53.0 Å². The molecule has 0 saturated heterocycles. The lowest BCUT2D eigenvalue weighted by Crippen LogP contribution is -2.15. The number of aromatic nitrogens is 7. The van der Waals surface area contributed by atoms with Crippen molar-refractivity contribution in [1.29, 1.82) is 0 Å². The summed E-state index contributed by atoms with van der Waals surface area (Å²) >= 11 is 0. The van der Waals surface area contributed by atoms with E-state index in [4.69, 9.17) is 4.98 Å². The predicted molar refractivity (Wildman–Crippen MR) is 91.2 cm³/mol. The van der Waals surface area contributed by atoms with Crippen LogP contribution >= 0.6 is 0 Å². The second-order valence-corrected chi connectivity index (χ2v) is 6.37. The summed E-state index contributed by atoms with van der Waals surface area (Å²) in [5.41, 5.74) is 0. The Morgan fingerprint density at radius 3 is 2.42 bits per heavy atom. The van der Waals surface area contributed by atoms with E-state index in [-0.39, 0.29) is 11.8 Å². The van der Waals surface area contributed by atoms with Crippen LogP contribution in [0.1, 0.15) is 55.9 Å². The van der Waals surface area contributed by atoms with Gasteiger partial charge >= 0.3 is 0 Å². The second-order valence-electron chi connectivity index (χ2n) is 6.37.